The average molecular weight is 262 g/mol. The van der Waals surface area contributed by atoms with Gasteiger partial charge in [0.1, 0.15) is 25.8 Å². The Morgan fingerprint density at radius 1 is 0.833 bits per heavy atom. The molecule has 18 heavy (non-hydrogen) atoms. The molecule has 0 aromatic rings. The van der Waals surface area contributed by atoms with E-state index in [1.165, 1.54) is 14.2 Å². The van der Waals surface area contributed by atoms with Crippen LogP contribution in [0.2, 0.25) is 0 Å². The van der Waals surface area contributed by atoms with Crippen LogP contribution in [-0.4, -0.2) is 64.2 Å². The first-order chi connectivity index (χ1) is 8.69. The molecule has 2 saturated heterocycles. The van der Waals surface area contributed by atoms with E-state index in [9.17, 15) is 9.59 Å². The fraction of sp³-hybridized carbons (Fsp3) is 0.800. The highest BCUT2D eigenvalue weighted by Crippen LogP contribution is 2.27. The third kappa shape index (κ3) is 2.32. The Kier molecular flexibility index (Phi) is 4.12. The Hall–Kier alpha value is -1.22. The maximum atomic E-state index is 11.5. The van der Waals surface area contributed by atoms with Gasteiger partial charge in [-0.05, 0) is 0 Å². The summed E-state index contributed by atoms with van der Waals surface area (Å²) in [6, 6.07) is 0. The third-order valence-electron chi connectivity index (χ3n) is 2.80. The Labute approximate surface area is 103 Å². The Morgan fingerprint density at radius 2 is 1.22 bits per heavy atom. The fourth-order valence-electron chi connectivity index (χ4n) is 1.92. The number of esters is 2. The van der Waals surface area contributed by atoms with Crippen molar-refractivity contribution in [2.24, 2.45) is 0 Å². The van der Waals surface area contributed by atoms with Gasteiger partial charge in [0.15, 0.2) is 12.2 Å². The Bertz CT molecular complexity index is 298. The molecular formula is C10H14O8. The maximum absolute atomic E-state index is 11.5. The van der Waals surface area contributed by atoms with E-state index in [0.29, 0.717) is 0 Å². The van der Waals surface area contributed by atoms with E-state index >= 15 is 0 Å². The van der Waals surface area contributed by atoms with Crippen molar-refractivity contribution in [3.63, 3.8) is 0 Å². The molecule has 8 nitrogen and oxygen atoms in total. The van der Waals surface area contributed by atoms with E-state index in [0.717, 1.165) is 0 Å². The zero-order valence-corrected chi connectivity index (χ0v) is 9.99. The van der Waals surface area contributed by atoms with Crippen LogP contribution in [0.3, 0.4) is 0 Å². The summed E-state index contributed by atoms with van der Waals surface area (Å²) in [5.41, 5.74) is 0. The topological polar surface area (TPSA) is 89.5 Å². The van der Waals surface area contributed by atoms with Crippen LogP contribution in [0, 0.1) is 0 Å². The van der Waals surface area contributed by atoms with Gasteiger partial charge in [-0.1, -0.05) is 0 Å². The van der Waals surface area contributed by atoms with Gasteiger partial charge in [0.25, 0.3) is 0 Å². The van der Waals surface area contributed by atoms with Gasteiger partial charge in [-0.25, -0.2) is 9.59 Å². The second-order valence-corrected chi connectivity index (χ2v) is 3.72. The van der Waals surface area contributed by atoms with Gasteiger partial charge >= 0.3 is 11.9 Å². The summed E-state index contributed by atoms with van der Waals surface area (Å²) in [6.45, 7) is -0.303. The van der Waals surface area contributed by atoms with Crippen molar-refractivity contribution in [1.29, 1.82) is 0 Å². The number of methoxy groups -OCH3 is 2. The smallest absolute Gasteiger partial charge is 0.337 e. The molecule has 0 aromatic heterocycles. The van der Waals surface area contributed by atoms with E-state index in [-0.39, 0.29) is 13.6 Å². The van der Waals surface area contributed by atoms with Crippen LogP contribution in [0.25, 0.3) is 0 Å². The number of hydrogen-bond donors (Lipinski definition) is 0. The molecule has 0 spiro atoms. The predicted octanol–water partition coefficient (Wildman–Crippen LogP) is -1.18. The standard InChI is InChI=1S/C10H14O8/c1-13-9(11)7-5-6(16-3-17-7)8(10(12)14-2)18-4-15-5/h5-8H,3-4H2,1-2H3/t5-,6-,7-,8+/m0/s1. The number of ether oxygens (including phenoxy) is 6. The second-order valence-electron chi connectivity index (χ2n) is 3.72. The van der Waals surface area contributed by atoms with Gasteiger partial charge in [-0.3, -0.25) is 0 Å². The summed E-state index contributed by atoms with van der Waals surface area (Å²) in [6.07, 6.45) is -3.40. The highest BCUT2D eigenvalue weighted by molar-refractivity contribution is 5.78. The van der Waals surface area contributed by atoms with Gasteiger partial charge in [-0.2, -0.15) is 0 Å². The molecule has 0 amide bonds. The van der Waals surface area contributed by atoms with Gasteiger partial charge in [0, 0.05) is 0 Å². The van der Waals surface area contributed by atoms with Crippen LogP contribution >= 0.6 is 0 Å². The molecular weight excluding hydrogens is 248 g/mol. The summed E-state index contributed by atoms with van der Waals surface area (Å²) in [7, 11) is 2.49. The van der Waals surface area contributed by atoms with Crippen LogP contribution in [0.1, 0.15) is 0 Å². The SMILES string of the molecule is COC(=O)[C@H]1OCO[C@H]2[C@@H]1OCO[C@H]2C(=O)OC. The normalized spacial score (nSPS) is 35.4. The number of rotatable bonds is 2. The first kappa shape index (κ1) is 13.2. The molecule has 0 radical (unpaired) electrons. The van der Waals surface area contributed by atoms with E-state index in [1.54, 1.807) is 0 Å². The zero-order valence-electron chi connectivity index (χ0n) is 9.99. The number of fused-ring (bicyclic) bond motifs is 1. The maximum Gasteiger partial charge on any atom is 0.337 e. The molecule has 2 heterocycles. The van der Waals surface area contributed by atoms with E-state index < -0.39 is 36.4 Å². The van der Waals surface area contributed by atoms with Crippen LogP contribution in [-0.2, 0) is 38.0 Å². The minimum atomic E-state index is -0.940. The monoisotopic (exact) mass is 262 g/mol. The van der Waals surface area contributed by atoms with Gasteiger partial charge in [0.2, 0.25) is 0 Å². The minimum absolute atomic E-state index is 0.152. The van der Waals surface area contributed by atoms with Crippen molar-refractivity contribution in [2.75, 3.05) is 27.8 Å². The summed E-state index contributed by atoms with van der Waals surface area (Å²) >= 11 is 0. The van der Waals surface area contributed by atoms with E-state index in [4.69, 9.17) is 18.9 Å². The molecule has 0 N–H and O–H groups in total. The lowest BCUT2D eigenvalue weighted by Crippen LogP contribution is -2.61. The number of carbonyl (C=O) groups is 2. The second kappa shape index (κ2) is 5.61. The molecule has 2 rings (SSSR count). The molecule has 0 unspecified atom stereocenters. The van der Waals surface area contributed by atoms with Crippen LogP contribution in [0.15, 0.2) is 0 Å². The lowest BCUT2D eigenvalue weighted by molar-refractivity contribution is -0.316. The molecule has 102 valence electrons. The minimum Gasteiger partial charge on any atom is -0.467 e. The van der Waals surface area contributed by atoms with Gasteiger partial charge in [0.05, 0.1) is 14.2 Å². The van der Waals surface area contributed by atoms with E-state index in [2.05, 4.69) is 9.47 Å². The first-order valence-electron chi connectivity index (χ1n) is 5.31. The lowest BCUT2D eigenvalue weighted by Gasteiger charge is -2.41. The van der Waals surface area contributed by atoms with Crippen molar-refractivity contribution in [3.05, 3.63) is 0 Å². The van der Waals surface area contributed by atoms with Crippen molar-refractivity contribution < 1.29 is 38.0 Å². The molecule has 4 atom stereocenters. The third-order valence-corrected chi connectivity index (χ3v) is 2.80. The van der Waals surface area contributed by atoms with Gasteiger partial charge in [-0.15, -0.1) is 0 Å². The Morgan fingerprint density at radius 3 is 1.56 bits per heavy atom. The molecule has 0 aliphatic carbocycles. The van der Waals surface area contributed by atoms with Crippen molar-refractivity contribution in [3.8, 4) is 0 Å². The predicted molar refractivity (Wildman–Crippen MR) is 53.3 cm³/mol. The average Bonchev–Trinajstić information content (AvgIpc) is 2.44. The van der Waals surface area contributed by atoms with Crippen LogP contribution in [0.5, 0.6) is 0 Å². The summed E-state index contributed by atoms with van der Waals surface area (Å²) < 4.78 is 30.0. The van der Waals surface area contributed by atoms with E-state index in [1.807, 2.05) is 0 Å². The highest BCUT2D eigenvalue weighted by Gasteiger charge is 2.50. The van der Waals surface area contributed by atoms with Crippen molar-refractivity contribution in [1.82, 2.24) is 0 Å². The highest BCUT2D eigenvalue weighted by atomic mass is 16.8. The van der Waals surface area contributed by atoms with Crippen LogP contribution in [0.4, 0.5) is 0 Å². The summed E-state index contributed by atoms with van der Waals surface area (Å²) in [5.74, 6) is -1.17. The van der Waals surface area contributed by atoms with Gasteiger partial charge < -0.3 is 28.4 Å². The summed E-state index contributed by atoms with van der Waals surface area (Å²) in [4.78, 5) is 23.1. The molecule has 0 bridgehead atoms. The van der Waals surface area contributed by atoms with Crippen LogP contribution < -0.4 is 0 Å². The van der Waals surface area contributed by atoms with Crippen molar-refractivity contribution >= 4 is 11.9 Å². The molecule has 0 saturated carbocycles. The molecule has 0 aromatic carbocycles. The Balaban J connectivity index is 2.14. The fourth-order valence-corrected chi connectivity index (χ4v) is 1.92. The quantitative estimate of drug-likeness (QED) is 0.574. The molecule has 2 aliphatic rings. The van der Waals surface area contributed by atoms with Crippen molar-refractivity contribution in [2.45, 2.75) is 24.4 Å². The number of carbonyl (C=O) groups excluding carboxylic acids is 2. The molecule has 2 aliphatic heterocycles. The first-order valence-corrected chi connectivity index (χ1v) is 5.31. The largest absolute Gasteiger partial charge is 0.467 e. The zero-order chi connectivity index (χ0) is 13.1. The molecule has 2 fully saturated rings. The number of hydrogen-bond acceptors (Lipinski definition) is 8. The lowest BCUT2D eigenvalue weighted by atomic mass is 10.0. The summed E-state index contributed by atoms with van der Waals surface area (Å²) in [5, 5.41) is 0. The molecule has 8 heteroatoms.